The maximum atomic E-state index is 10.1. The minimum atomic E-state index is -1.55. The molecule has 0 saturated heterocycles. The van der Waals surface area contributed by atoms with Gasteiger partial charge in [-0.3, -0.25) is 0 Å². The Morgan fingerprint density at radius 1 is 1.38 bits per heavy atom. The van der Waals surface area contributed by atoms with Gasteiger partial charge in [-0.2, -0.15) is 0 Å². The second-order valence-corrected chi connectivity index (χ2v) is 3.43. The molecule has 0 aliphatic carbocycles. The second-order valence-electron chi connectivity index (χ2n) is 3.43. The summed E-state index contributed by atoms with van der Waals surface area (Å²) in [6.45, 7) is 2.84. The van der Waals surface area contributed by atoms with E-state index in [1.807, 2.05) is 0 Å². The lowest BCUT2D eigenvalue weighted by Gasteiger charge is -2.32. The summed E-state index contributed by atoms with van der Waals surface area (Å²) in [6.07, 6.45) is -3.78. The molecule has 3 N–H and O–H groups in total. The summed E-state index contributed by atoms with van der Waals surface area (Å²) in [6, 6.07) is 0. The summed E-state index contributed by atoms with van der Waals surface area (Å²) < 4.78 is 4.78. The molecule has 5 nitrogen and oxygen atoms in total. The lowest BCUT2D eigenvalue weighted by molar-refractivity contribution is -0.156. The Hall–Kier alpha value is -0.490. The van der Waals surface area contributed by atoms with Crippen LogP contribution in [-0.4, -0.2) is 52.6 Å². The van der Waals surface area contributed by atoms with E-state index in [1.165, 1.54) is 21.0 Å². The van der Waals surface area contributed by atoms with Crippen LogP contribution in [-0.2, 0) is 9.53 Å². The van der Waals surface area contributed by atoms with Gasteiger partial charge in [0.25, 0.3) is 0 Å². The van der Waals surface area contributed by atoms with E-state index < -0.39 is 23.9 Å². The molecule has 0 aromatic carbocycles. The predicted octanol–water partition coefficient (Wildman–Crippen LogP) is -1.31. The first-order chi connectivity index (χ1) is 5.84. The fraction of sp³-hybridized carbons (Fsp3) is 0.875. The SMILES string of the molecule is CO[C@@H]([C@H](O)[C@H](O)C=O)C(C)(C)O. The van der Waals surface area contributed by atoms with Crippen LogP contribution >= 0.6 is 0 Å². The van der Waals surface area contributed by atoms with Gasteiger partial charge < -0.3 is 24.9 Å². The highest BCUT2D eigenvalue weighted by atomic mass is 16.5. The van der Waals surface area contributed by atoms with Crippen LogP contribution in [0, 0.1) is 0 Å². The molecule has 0 aliphatic heterocycles. The van der Waals surface area contributed by atoms with Gasteiger partial charge in [0.05, 0.1) is 5.60 Å². The minimum absolute atomic E-state index is 0.197. The summed E-state index contributed by atoms with van der Waals surface area (Å²) in [7, 11) is 1.28. The van der Waals surface area contributed by atoms with Gasteiger partial charge in [-0.1, -0.05) is 0 Å². The van der Waals surface area contributed by atoms with E-state index in [9.17, 15) is 15.0 Å². The number of carbonyl (C=O) groups is 1. The first-order valence-electron chi connectivity index (χ1n) is 3.91. The van der Waals surface area contributed by atoms with Crippen LogP contribution < -0.4 is 0 Å². The molecule has 5 heteroatoms. The summed E-state index contributed by atoms with van der Waals surface area (Å²) >= 11 is 0. The molecule has 13 heavy (non-hydrogen) atoms. The van der Waals surface area contributed by atoms with E-state index in [1.54, 1.807) is 0 Å². The highest BCUT2D eigenvalue weighted by molar-refractivity contribution is 5.56. The van der Waals surface area contributed by atoms with Crippen LogP contribution in [0.4, 0.5) is 0 Å². The molecule has 0 bridgehead atoms. The molecule has 3 atom stereocenters. The van der Waals surface area contributed by atoms with E-state index >= 15 is 0 Å². The van der Waals surface area contributed by atoms with Crippen molar-refractivity contribution >= 4 is 6.29 Å². The Bertz CT molecular complexity index is 162. The van der Waals surface area contributed by atoms with E-state index in [2.05, 4.69) is 0 Å². The smallest absolute Gasteiger partial charge is 0.151 e. The lowest BCUT2D eigenvalue weighted by Crippen LogP contribution is -2.51. The van der Waals surface area contributed by atoms with Crippen molar-refractivity contribution in [2.24, 2.45) is 0 Å². The summed E-state index contributed by atoms with van der Waals surface area (Å²) in [5.74, 6) is 0. The summed E-state index contributed by atoms with van der Waals surface area (Å²) in [5.41, 5.74) is -1.32. The van der Waals surface area contributed by atoms with Crippen molar-refractivity contribution in [1.82, 2.24) is 0 Å². The molecule has 0 fully saturated rings. The highest BCUT2D eigenvalue weighted by Crippen LogP contribution is 2.17. The molecule has 0 spiro atoms. The molecule has 0 aliphatic rings. The number of carbonyl (C=O) groups excluding carboxylic acids is 1. The second kappa shape index (κ2) is 4.66. The number of aliphatic hydroxyl groups is 3. The van der Waals surface area contributed by atoms with Gasteiger partial charge in [0.2, 0.25) is 0 Å². The number of aldehydes is 1. The first kappa shape index (κ1) is 12.5. The molecular formula is C8H16O5. The average molecular weight is 192 g/mol. The van der Waals surface area contributed by atoms with Gasteiger partial charge in [-0.15, -0.1) is 0 Å². The van der Waals surface area contributed by atoms with Crippen molar-refractivity contribution in [2.45, 2.75) is 37.8 Å². The molecular weight excluding hydrogens is 176 g/mol. The zero-order valence-electron chi connectivity index (χ0n) is 7.97. The molecule has 0 rings (SSSR count). The van der Waals surface area contributed by atoms with Crippen LogP contribution in [0.2, 0.25) is 0 Å². The Labute approximate surface area is 77.0 Å². The van der Waals surface area contributed by atoms with E-state index in [0.717, 1.165) is 0 Å². The van der Waals surface area contributed by atoms with Gasteiger partial charge in [0, 0.05) is 7.11 Å². The predicted molar refractivity (Wildman–Crippen MR) is 45.2 cm³/mol. The lowest BCUT2D eigenvalue weighted by atomic mass is 9.94. The van der Waals surface area contributed by atoms with Crippen molar-refractivity contribution in [3.8, 4) is 0 Å². The van der Waals surface area contributed by atoms with Crippen LogP contribution in [0.25, 0.3) is 0 Å². The molecule has 0 unspecified atom stereocenters. The third kappa shape index (κ3) is 3.40. The van der Waals surface area contributed by atoms with Crippen LogP contribution in [0.1, 0.15) is 13.8 Å². The average Bonchev–Trinajstić information content (AvgIpc) is 2.01. The number of hydrogen-bond acceptors (Lipinski definition) is 5. The molecule has 0 aromatic rings. The largest absolute Gasteiger partial charge is 0.388 e. The number of ether oxygens (including phenoxy) is 1. The standard InChI is InChI=1S/C8H16O5/c1-8(2,12)7(13-3)6(11)5(10)4-9/h4-7,10-12H,1-3H3/t5-,6-,7+/m1/s1. The van der Waals surface area contributed by atoms with Crippen LogP contribution in [0.15, 0.2) is 0 Å². The normalized spacial score (nSPS) is 19.2. The Balaban J connectivity index is 4.49. The number of hydrogen-bond donors (Lipinski definition) is 3. The molecule has 0 saturated carbocycles. The Morgan fingerprint density at radius 3 is 2.08 bits per heavy atom. The summed E-state index contributed by atoms with van der Waals surface area (Å²) in [4.78, 5) is 10.1. The zero-order chi connectivity index (χ0) is 10.6. The molecule has 0 heterocycles. The van der Waals surface area contributed by atoms with E-state index in [-0.39, 0.29) is 6.29 Å². The Kier molecular flexibility index (Phi) is 4.49. The third-order valence-corrected chi connectivity index (χ3v) is 1.75. The van der Waals surface area contributed by atoms with Gasteiger partial charge in [-0.05, 0) is 13.8 Å². The molecule has 0 amide bonds. The minimum Gasteiger partial charge on any atom is -0.388 e. The van der Waals surface area contributed by atoms with Gasteiger partial charge in [0.15, 0.2) is 6.29 Å². The third-order valence-electron chi connectivity index (χ3n) is 1.75. The van der Waals surface area contributed by atoms with Crippen LogP contribution in [0.3, 0.4) is 0 Å². The highest BCUT2D eigenvalue weighted by Gasteiger charge is 2.36. The first-order valence-corrected chi connectivity index (χ1v) is 3.91. The van der Waals surface area contributed by atoms with E-state index in [0.29, 0.717) is 0 Å². The zero-order valence-corrected chi connectivity index (χ0v) is 7.97. The molecule has 0 aromatic heterocycles. The van der Waals surface area contributed by atoms with Gasteiger partial charge in [-0.25, -0.2) is 0 Å². The van der Waals surface area contributed by atoms with Gasteiger partial charge in [0.1, 0.15) is 18.3 Å². The number of aliphatic hydroxyl groups excluding tert-OH is 2. The number of methoxy groups -OCH3 is 1. The summed E-state index contributed by atoms with van der Waals surface area (Å²) in [5, 5.41) is 27.8. The topological polar surface area (TPSA) is 87.0 Å². The maximum Gasteiger partial charge on any atom is 0.151 e. The number of rotatable bonds is 5. The fourth-order valence-corrected chi connectivity index (χ4v) is 1.11. The van der Waals surface area contributed by atoms with Crippen molar-refractivity contribution in [3.63, 3.8) is 0 Å². The quantitative estimate of drug-likeness (QED) is 0.471. The maximum absolute atomic E-state index is 10.1. The molecule has 78 valence electrons. The Morgan fingerprint density at radius 2 is 1.85 bits per heavy atom. The van der Waals surface area contributed by atoms with Crippen molar-refractivity contribution in [1.29, 1.82) is 0 Å². The molecule has 0 radical (unpaired) electrons. The van der Waals surface area contributed by atoms with E-state index in [4.69, 9.17) is 9.84 Å². The van der Waals surface area contributed by atoms with Crippen molar-refractivity contribution in [2.75, 3.05) is 7.11 Å². The van der Waals surface area contributed by atoms with Crippen molar-refractivity contribution < 1.29 is 24.9 Å². The fourth-order valence-electron chi connectivity index (χ4n) is 1.11. The van der Waals surface area contributed by atoms with Crippen molar-refractivity contribution in [3.05, 3.63) is 0 Å². The monoisotopic (exact) mass is 192 g/mol. The van der Waals surface area contributed by atoms with Gasteiger partial charge >= 0.3 is 0 Å². The van der Waals surface area contributed by atoms with Crippen LogP contribution in [0.5, 0.6) is 0 Å².